The number of hydrogen-bond donors (Lipinski definition) is 1. The van der Waals surface area contributed by atoms with E-state index in [-0.39, 0.29) is 6.04 Å². The first-order valence-corrected chi connectivity index (χ1v) is 12.5. The fourth-order valence-corrected chi connectivity index (χ4v) is 6.01. The molecule has 1 saturated heterocycles. The Kier molecular flexibility index (Phi) is 6.14. The summed E-state index contributed by atoms with van der Waals surface area (Å²) in [6.07, 6.45) is 1.30. The summed E-state index contributed by atoms with van der Waals surface area (Å²) in [6.45, 7) is 5.94. The monoisotopic (exact) mass is 445 g/mol. The van der Waals surface area contributed by atoms with Gasteiger partial charge in [-0.25, -0.2) is 8.42 Å². The van der Waals surface area contributed by atoms with E-state index < -0.39 is 16.1 Å². The third-order valence-corrected chi connectivity index (χ3v) is 7.50. The lowest BCUT2D eigenvalue weighted by molar-refractivity contribution is 0.109. The number of aliphatic hydroxyl groups is 1. The normalized spacial score (nSPS) is 20.6. The van der Waals surface area contributed by atoms with Gasteiger partial charge in [0.05, 0.1) is 30.8 Å². The molecule has 2 unspecified atom stereocenters. The van der Waals surface area contributed by atoms with Gasteiger partial charge in [-0.2, -0.15) is 0 Å². The second-order valence-electron chi connectivity index (χ2n) is 8.48. The Hall–Kier alpha value is -2.29. The lowest BCUT2D eigenvalue weighted by Gasteiger charge is -2.37. The number of piperazine rings is 1. The molecule has 2 aromatic rings. The number of hydrogen-bond acceptors (Lipinski definition) is 6. The Labute approximate surface area is 184 Å². The van der Waals surface area contributed by atoms with E-state index in [1.807, 2.05) is 43.3 Å². The van der Waals surface area contributed by atoms with Crippen molar-refractivity contribution in [1.29, 1.82) is 0 Å². The minimum atomic E-state index is -3.31. The molecule has 2 aliphatic rings. The molecule has 2 aromatic carbocycles. The van der Waals surface area contributed by atoms with E-state index in [4.69, 9.17) is 4.74 Å². The molecule has 1 fully saturated rings. The quantitative estimate of drug-likeness (QED) is 0.735. The number of aliphatic hydroxyl groups excluding tert-OH is 1. The molecule has 0 amide bonds. The molecule has 7 nitrogen and oxygen atoms in total. The van der Waals surface area contributed by atoms with Crippen LogP contribution in [0.25, 0.3) is 0 Å². The van der Waals surface area contributed by atoms with E-state index in [2.05, 4.69) is 15.9 Å². The Morgan fingerprint density at radius 2 is 1.81 bits per heavy atom. The van der Waals surface area contributed by atoms with Crippen molar-refractivity contribution in [2.24, 2.45) is 0 Å². The summed E-state index contributed by atoms with van der Waals surface area (Å²) < 4.78 is 31.2. The molecule has 8 heteroatoms. The largest absolute Gasteiger partial charge is 0.495 e. The van der Waals surface area contributed by atoms with Gasteiger partial charge in [-0.05, 0) is 42.7 Å². The number of ether oxygens (including phenoxy) is 1. The van der Waals surface area contributed by atoms with Crippen LogP contribution in [0.5, 0.6) is 5.75 Å². The first kappa shape index (κ1) is 21.9. The van der Waals surface area contributed by atoms with Gasteiger partial charge in [0, 0.05) is 38.8 Å². The van der Waals surface area contributed by atoms with Crippen LogP contribution in [-0.4, -0.2) is 70.6 Å². The molecule has 0 aliphatic carbocycles. The minimum absolute atomic E-state index is 0.0968. The van der Waals surface area contributed by atoms with Crippen molar-refractivity contribution in [3.8, 4) is 5.75 Å². The molecule has 1 N–H and O–H groups in total. The van der Waals surface area contributed by atoms with Crippen molar-refractivity contribution < 1.29 is 18.3 Å². The maximum atomic E-state index is 12.1. The van der Waals surface area contributed by atoms with E-state index in [1.165, 1.54) is 10.6 Å². The van der Waals surface area contributed by atoms with Crippen LogP contribution < -0.4 is 13.9 Å². The summed E-state index contributed by atoms with van der Waals surface area (Å²) in [7, 11) is -1.61. The Morgan fingerprint density at radius 3 is 2.48 bits per heavy atom. The number of β-amino-alcohol motifs (C(OH)–C–C–N with tert-alkyl or cyclic N) is 1. The SMILES string of the molecule is COc1ccccc1N1CCN(CC(O)c2ccc3c(c2)CC(C)N3S(C)(=O)=O)CC1. The van der Waals surface area contributed by atoms with Crippen LogP contribution in [0.3, 0.4) is 0 Å². The van der Waals surface area contributed by atoms with E-state index in [1.54, 1.807) is 7.11 Å². The number of nitrogens with zero attached hydrogens (tertiary/aromatic N) is 3. The maximum absolute atomic E-state index is 12.1. The Bertz CT molecular complexity index is 1030. The van der Waals surface area contributed by atoms with Crippen LogP contribution in [0, 0.1) is 0 Å². The molecule has 0 saturated carbocycles. The average Bonchev–Trinajstić information content (AvgIpc) is 3.09. The first-order chi connectivity index (χ1) is 14.8. The molecule has 0 bridgehead atoms. The van der Waals surface area contributed by atoms with Crippen LogP contribution in [0.15, 0.2) is 42.5 Å². The third kappa shape index (κ3) is 4.51. The van der Waals surface area contributed by atoms with Crippen molar-refractivity contribution in [3.05, 3.63) is 53.6 Å². The zero-order valence-electron chi connectivity index (χ0n) is 18.4. The highest BCUT2D eigenvalue weighted by Gasteiger charge is 2.33. The lowest BCUT2D eigenvalue weighted by atomic mass is 10.0. The number of anilines is 2. The summed E-state index contributed by atoms with van der Waals surface area (Å²) in [5.74, 6) is 0.881. The van der Waals surface area contributed by atoms with Gasteiger partial charge in [-0.3, -0.25) is 9.21 Å². The van der Waals surface area contributed by atoms with Crippen molar-refractivity contribution in [1.82, 2.24) is 4.90 Å². The van der Waals surface area contributed by atoms with E-state index in [0.717, 1.165) is 54.4 Å². The predicted octanol–water partition coefficient (Wildman–Crippen LogP) is 2.26. The van der Waals surface area contributed by atoms with Crippen LogP contribution in [-0.2, 0) is 16.4 Å². The van der Waals surface area contributed by atoms with Crippen LogP contribution in [0.4, 0.5) is 11.4 Å². The zero-order valence-corrected chi connectivity index (χ0v) is 19.2. The van der Waals surface area contributed by atoms with Gasteiger partial charge in [0.15, 0.2) is 0 Å². The van der Waals surface area contributed by atoms with Gasteiger partial charge in [0.2, 0.25) is 10.0 Å². The molecule has 0 aromatic heterocycles. The lowest BCUT2D eigenvalue weighted by Crippen LogP contribution is -2.47. The van der Waals surface area contributed by atoms with Crippen molar-refractivity contribution in [2.75, 3.05) is 55.3 Å². The second kappa shape index (κ2) is 8.68. The number of benzene rings is 2. The summed E-state index contributed by atoms with van der Waals surface area (Å²) in [5, 5.41) is 10.9. The molecule has 31 heavy (non-hydrogen) atoms. The fourth-order valence-electron chi connectivity index (χ4n) is 4.75. The molecule has 4 rings (SSSR count). The van der Waals surface area contributed by atoms with E-state index >= 15 is 0 Å². The third-order valence-electron chi connectivity index (χ3n) is 6.23. The summed E-state index contributed by atoms with van der Waals surface area (Å²) in [6, 6.07) is 13.6. The zero-order chi connectivity index (χ0) is 22.2. The average molecular weight is 446 g/mol. The number of sulfonamides is 1. The highest BCUT2D eigenvalue weighted by molar-refractivity contribution is 7.92. The highest BCUT2D eigenvalue weighted by atomic mass is 32.2. The maximum Gasteiger partial charge on any atom is 0.232 e. The molecule has 2 aliphatic heterocycles. The van der Waals surface area contributed by atoms with Crippen molar-refractivity contribution >= 4 is 21.4 Å². The first-order valence-electron chi connectivity index (χ1n) is 10.7. The topological polar surface area (TPSA) is 73.3 Å². The molecule has 2 atom stereocenters. The number of para-hydroxylation sites is 2. The molecule has 0 radical (unpaired) electrons. The number of rotatable bonds is 6. The smallest absolute Gasteiger partial charge is 0.232 e. The van der Waals surface area contributed by atoms with Crippen molar-refractivity contribution in [3.63, 3.8) is 0 Å². The number of fused-ring (bicyclic) bond motifs is 1. The Balaban J connectivity index is 1.39. The highest BCUT2D eigenvalue weighted by Crippen LogP contribution is 2.36. The molecule has 2 heterocycles. The second-order valence-corrected chi connectivity index (χ2v) is 10.3. The summed E-state index contributed by atoms with van der Waals surface area (Å²) in [5.41, 5.74) is 3.66. The van der Waals surface area contributed by atoms with Gasteiger partial charge >= 0.3 is 0 Å². The van der Waals surface area contributed by atoms with Gasteiger partial charge < -0.3 is 14.7 Å². The fraction of sp³-hybridized carbons (Fsp3) is 0.478. The van der Waals surface area contributed by atoms with E-state index in [9.17, 15) is 13.5 Å². The van der Waals surface area contributed by atoms with Gasteiger partial charge in [-0.1, -0.05) is 24.3 Å². The standard InChI is InChI=1S/C23H31N3O4S/c1-17-14-19-15-18(8-9-20(19)26(17)31(3,28)29)22(27)16-24-10-12-25(13-11-24)21-6-4-5-7-23(21)30-2/h4-9,15,17,22,27H,10-14,16H2,1-3H3. The predicted molar refractivity (Wildman–Crippen MR) is 124 cm³/mol. The summed E-state index contributed by atoms with van der Waals surface area (Å²) in [4.78, 5) is 4.59. The van der Waals surface area contributed by atoms with Crippen molar-refractivity contribution in [2.45, 2.75) is 25.5 Å². The van der Waals surface area contributed by atoms with Gasteiger partial charge in [0.25, 0.3) is 0 Å². The Morgan fingerprint density at radius 1 is 1.10 bits per heavy atom. The van der Waals surface area contributed by atoms with E-state index in [0.29, 0.717) is 13.0 Å². The molecule has 168 valence electrons. The van der Waals surface area contributed by atoms with Crippen LogP contribution >= 0.6 is 0 Å². The molecule has 0 spiro atoms. The molecular formula is C23H31N3O4S. The van der Waals surface area contributed by atoms with Gasteiger partial charge in [0.1, 0.15) is 5.75 Å². The van der Waals surface area contributed by atoms with Crippen LogP contribution in [0.2, 0.25) is 0 Å². The summed E-state index contributed by atoms with van der Waals surface area (Å²) >= 11 is 0. The van der Waals surface area contributed by atoms with Crippen LogP contribution in [0.1, 0.15) is 24.2 Å². The minimum Gasteiger partial charge on any atom is -0.495 e. The molecular weight excluding hydrogens is 414 g/mol. The number of methoxy groups -OCH3 is 1. The van der Waals surface area contributed by atoms with Gasteiger partial charge in [-0.15, -0.1) is 0 Å².